The van der Waals surface area contributed by atoms with Gasteiger partial charge in [-0.05, 0) is 4.53 Å². The van der Waals surface area contributed by atoms with Gasteiger partial charge >= 0.3 is 12.4 Å². The van der Waals surface area contributed by atoms with Crippen molar-refractivity contribution in [3.63, 3.8) is 0 Å². The molecule has 0 atom stereocenters. The molecule has 68 valence electrons. The maximum Gasteiger partial charge on any atom is 0.427 e. The van der Waals surface area contributed by atoms with Crippen LogP contribution in [-0.4, -0.2) is 18.5 Å². The highest BCUT2D eigenvalue weighted by Crippen LogP contribution is 2.35. The van der Waals surface area contributed by atoms with Gasteiger partial charge in [-0.15, -0.1) is 0 Å². The van der Waals surface area contributed by atoms with Crippen molar-refractivity contribution >= 4 is 0 Å². The Bertz CT molecular complexity index is 109. The van der Waals surface area contributed by atoms with Gasteiger partial charge in [0.15, 0.2) is 0 Å². The molecule has 0 aliphatic rings. The summed E-state index contributed by atoms with van der Waals surface area (Å²) >= 11 is 0. The van der Waals surface area contributed by atoms with E-state index in [2.05, 4.69) is 0 Å². The van der Waals surface area contributed by atoms with Crippen LogP contribution in [0.25, 0.3) is 0 Å². The lowest BCUT2D eigenvalue weighted by Gasteiger charge is -2.17. The zero-order valence-corrected chi connectivity index (χ0v) is 4.63. The summed E-state index contributed by atoms with van der Waals surface area (Å²) in [6, 6.07) is 0. The first-order valence-electron chi connectivity index (χ1n) is 2.10. The van der Waals surface area contributed by atoms with E-state index in [1.165, 1.54) is 0 Å². The van der Waals surface area contributed by atoms with Crippen molar-refractivity contribution in [2.24, 2.45) is 0 Å². The predicted octanol–water partition coefficient (Wildman–Crippen LogP) is 2.38. The summed E-state index contributed by atoms with van der Waals surface area (Å²) in [4.78, 5) is 1.73. The molecule has 0 N–H and O–H groups in total. The fraction of sp³-hybridized carbons (Fsp3) is 1.00. The van der Waals surface area contributed by atoms with Crippen LogP contribution < -0.4 is 0 Å². The number of alkyl halides is 6. The molecule has 1 nitrogen and oxygen atoms in total. The fourth-order valence-corrected chi connectivity index (χ4v) is 0.287. The third-order valence-electron chi connectivity index (χ3n) is 0.684. The highest BCUT2D eigenvalue weighted by Gasteiger charge is 2.59. The van der Waals surface area contributed by atoms with E-state index in [0.717, 1.165) is 0 Å². The average molecular weight is 186 g/mol. The Kier molecular flexibility index (Phi) is 2.70. The molecule has 0 saturated heterocycles. The molecule has 0 aliphatic carbocycles. The summed E-state index contributed by atoms with van der Waals surface area (Å²) in [6.07, 6.45) is -15.9. The number of rotatable bonds is 1. The molecule has 0 aromatic carbocycles. The van der Waals surface area contributed by atoms with E-state index in [4.69, 9.17) is 0 Å². The van der Waals surface area contributed by atoms with Gasteiger partial charge in [0.05, 0.1) is 0 Å². The lowest BCUT2D eigenvalue weighted by molar-refractivity contribution is -0.375. The number of halogens is 7. The minimum absolute atomic E-state index is 1.73. The standard InChI is InChI=1S/C3HF7O/c4-2(5,6)1(11-10)3(7,8)9/h1H. The third kappa shape index (κ3) is 2.91. The third-order valence-corrected chi connectivity index (χ3v) is 0.684. The second-order valence-electron chi connectivity index (χ2n) is 1.55. The minimum Gasteiger partial charge on any atom is -0.171 e. The monoisotopic (exact) mass is 186 g/mol. The summed E-state index contributed by atoms with van der Waals surface area (Å²) in [5, 5.41) is 0. The molecule has 8 heteroatoms. The van der Waals surface area contributed by atoms with E-state index in [9.17, 15) is 30.9 Å². The van der Waals surface area contributed by atoms with Crippen LogP contribution in [0, 0.1) is 0 Å². The predicted molar refractivity (Wildman–Crippen MR) is 18.1 cm³/mol. The van der Waals surface area contributed by atoms with E-state index in [1.807, 2.05) is 0 Å². The van der Waals surface area contributed by atoms with Gasteiger partial charge in [0.2, 0.25) is 0 Å². The summed E-state index contributed by atoms with van der Waals surface area (Å²) in [7, 11) is 0. The van der Waals surface area contributed by atoms with Crippen molar-refractivity contribution in [1.82, 2.24) is 0 Å². The van der Waals surface area contributed by atoms with Crippen molar-refractivity contribution in [2.75, 3.05) is 0 Å². The van der Waals surface area contributed by atoms with Gasteiger partial charge in [0.25, 0.3) is 6.10 Å². The molecule has 0 aromatic rings. The van der Waals surface area contributed by atoms with Crippen molar-refractivity contribution in [2.45, 2.75) is 18.5 Å². The highest BCUT2D eigenvalue weighted by atomic mass is 19.4. The Morgan fingerprint density at radius 2 is 1.09 bits per heavy atom. The van der Waals surface area contributed by atoms with Crippen molar-refractivity contribution < 1.29 is 35.8 Å². The normalized spacial score (nSPS) is 14.2. The molecule has 0 spiro atoms. The molecule has 0 radical (unpaired) electrons. The molecular weight excluding hydrogens is 185 g/mol. The zero-order valence-electron chi connectivity index (χ0n) is 4.63. The zero-order chi connectivity index (χ0) is 9.28. The smallest absolute Gasteiger partial charge is 0.171 e. The minimum atomic E-state index is -5.77. The first-order valence-corrected chi connectivity index (χ1v) is 2.10. The second-order valence-corrected chi connectivity index (χ2v) is 1.55. The highest BCUT2D eigenvalue weighted by molar-refractivity contribution is 4.74. The van der Waals surface area contributed by atoms with Crippen LogP contribution in [-0.2, 0) is 4.94 Å². The number of hydrogen-bond acceptors (Lipinski definition) is 1. The number of hydrogen-bond donors (Lipinski definition) is 0. The van der Waals surface area contributed by atoms with E-state index >= 15 is 0 Å². The Morgan fingerprint density at radius 3 is 1.09 bits per heavy atom. The SMILES string of the molecule is FOC(C(F)(F)F)C(F)(F)F. The van der Waals surface area contributed by atoms with Gasteiger partial charge < -0.3 is 0 Å². The first-order chi connectivity index (χ1) is 4.69. The molecule has 0 aromatic heterocycles. The molecule has 0 bridgehead atoms. The summed E-state index contributed by atoms with van der Waals surface area (Å²) in [5.74, 6) is 0. The Hall–Kier alpha value is -0.530. The largest absolute Gasteiger partial charge is 0.427 e. The van der Waals surface area contributed by atoms with Crippen LogP contribution in [0.2, 0.25) is 0 Å². The molecular formula is C3HF7O. The molecule has 11 heavy (non-hydrogen) atoms. The van der Waals surface area contributed by atoms with Gasteiger partial charge in [-0.3, -0.25) is 0 Å². The van der Waals surface area contributed by atoms with Crippen LogP contribution in [0.3, 0.4) is 0 Å². The Morgan fingerprint density at radius 1 is 0.818 bits per heavy atom. The van der Waals surface area contributed by atoms with Gasteiger partial charge in [-0.25, -0.2) is 0 Å². The Labute approximate surface area is 55.6 Å². The van der Waals surface area contributed by atoms with Crippen LogP contribution in [0.1, 0.15) is 0 Å². The summed E-state index contributed by atoms with van der Waals surface area (Å²) in [5.41, 5.74) is 0. The van der Waals surface area contributed by atoms with Crippen LogP contribution in [0.15, 0.2) is 0 Å². The Balaban J connectivity index is 4.43. The van der Waals surface area contributed by atoms with E-state index in [-0.39, 0.29) is 0 Å². The molecule has 0 heterocycles. The van der Waals surface area contributed by atoms with Crippen LogP contribution in [0.4, 0.5) is 30.9 Å². The first kappa shape index (κ1) is 10.5. The maximum atomic E-state index is 11.1. The van der Waals surface area contributed by atoms with Crippen molar-refractivity contribution in [3.05, 3.63) is 0 Å². The summed E-state index contributed by atoms with van der Waals surface area (Å²) < 4.78 is 77.5. The molecule has 0 fully saturated rings. The van der Waals surface area contributed by atoms with Crippen molar-refractivity contribution in [1.29, 1.82) is 0 Å². The van der Waals surface area contributed by atoms with Crippen LogP contribution >= 0.6 is 0 Å². The average Bonchev–Trinajstić information content (AvgIpc) is 1.56. The van der Waals surface area contributed by atoms with E-state index in [1.54, 1.807) is 4.94 Å². The van der Waals surface area contributed by atoms with Crippen LogP contribution in [0.5, 0.6) is 0 Å². The van der Waals surface area contributed by atoms with E-state index < -0.39 is 18.5 Å². The van der Waals surface area contributed by atoms with E-state index in [0.29, 0.717) is 0 Å². The molecule has 0 rings (SSSR count). The topological polar surface area (TPSA) is 9.23 Å². The molecule has 0 saturated carbocycles. The molecule has 0 unspecified atom stereocenters. The molecule has 0 amide bonds. The van der Waals surface area contributed by atoms with Gasteiger partial charge in [-0.2, -0.15) is 31.3 Å². The lowest BCUT2D eigenvalue weighted by atomic mass is 10.3. The van der Waals surface area contributed by atoms with Gasteiger partial charge in [0, 0.05) is 0 Å². The molecule has 0 aliphatic heterocycles. The van der Waals surface area contributed by atoms with Gasteiger partial charge in [-0.1, -0.05) is 0 Å². The second kappa shape index (κ2) is 2.84. The summed E-state index contributed by atoms with van der Waals surface area (Å²) in [6.45, 7) is 0. The van der Waals surface area contributed by atoms with Crippen molar-refractivity contribution in [3.8, 4) is 0 Å². The lowest BCUT2D eigenvalue weighted by Crippen LogP contribution is -2.42. The maximum absolute atomic E-state index is 11.1. The van der Waals surface area contributed by atoms with Gasteiger partial charge in [0.1, 0.15) is 0 Å². The quantitative estimate of drug-likeness (QED) is 0.571. The fourth-order valence-electron chi connectivity index (χ4n) is 0.287.